The lowest BCUT2D eigenvalue weighted by Crippen LogP contribution is -2.33. The van der Waals surface area contributed by atoms with Crippen LogP contribution in [0.2, 0.25) is 0 Å². The molecule has 1 heterocycles. The molecular weight excluding hydrogens is 421 g/mol. The van der Waals surface area contributed by atoms with Gasteiger partial charge in [-0.15, -0.1) is 0 Å². The number of nitrogens with one attached hydrogen (secondary N) is 2. The van der Waals surface area contributed by atoms with E-state index in [1.165, 1.54) is 49.8 Å². The van der Waals surface area contributed by atoms with Gasteiger partial charge in [-0.3, -0.25) is 9.59 Å². The fourth-order valence-electron chi connectivity index (χ4n) is 2.51. The molecule has 0 radical (unpaired) electrons. The normalized spacial score (nSPS) is 10.9. The number of ether oxygens (including phenoxy) is 2. The fourth-order valence-corrected chi connectivity index (χ4v) is 2.51. The largest absolute Gasteiger partial charge is 0.493 e. The van der Waals surface area contributed by atoms with E-state index in [2.05, 4.69) is 15.8 Å². The van der Waals surface area contributed by atoms with Crippen LogP contribution in [0.3, 0.4) is 0 Å². The SMILES string of the molecule is COc1cc(/C(C)=N/NC(=O)C(=O)Nc2ccccc2F)ccc1OC(=O)c1ccco1. The monoisotopic (exact) mass is 439 g/mol. The maximum absolute atomic E-state index is 13.6. The first-order valence-corrected chi connectivity index (χ1v) is 9.23. The number of hydrogen-bond acceptors (Lipinski definition) is 7. The Kier molecular flexibility index (Phi) is 6.96. The number of carbonyl (C=O) groups is 3. The quantitative estimate of drug-likeness (QED) is 0.200. The van der Waals surface area contributed by atoms with E-state index in [1.54, 1.807) is 19.1 Å². The van der Waals surface area contributed by atoms with Crippen LogP contribution < -0.4 is 20.2 Å². The molecule has 2 N–H and O–H groups in total. The number of esters is 1. The predicted molar refractivity (Wildman–Crippen MR) is 112 cm³/mol. The molecule has 0 bridgehead atoms. The summed E-state index contributed by atoms with van der Waals surface area (Å²) in [7, 11) is 1.39. The lowest BCUT2D eigenvalue weighted by atomic mass is 10.1. The molecule has 10 heteroatoms. The minimum atomic E-state index is -1.08. The highest BCUT2D eigenvalue weighted by Crippen LogP contribution is 2.29. The van der Waals surface area contributed by atoms with Crippen LogP contribution >= 0.6 is 0 Å². The third-order valence-electron chi connectivity index (χ3n) is 4.16. The zero-order valence-corrected chi connectivity index (χ0v) is 17.0. The van der Waals surface area contributed by atoms with Crippen molar-refractivity contribution in [3.63, 3.8) is 0 Å². The number of rotatable bonds is 6. The Bertz CT molecular complexity index is 1170. The molecular formula is C22H18FN3O6. The fraction of sp³-hybridized carbons (Fsp3) is 0.0909. The van der Waals surface area contributed by atoms with Crippen LogP contribution in [0.1, 0.15) is 23.0 Å². The number of anilines is 1. The number of hydrogen-bond donors (Lipinski definition) is 2. The lowest BCUT2D eigenvalue weighted by Gasteiger charge is -2.10. The summed E-state index contributed by atoms with van der Waals surface area (Å²) in [6.45, 7) is 1.58. The molecule has 32 heavy (non-hydrogen) atoms. The van der Waals surface area contributed by atoms with Gasteiger partial charge in [-0.25, -0.2) is 14.6 Å². The molecule has 0 atom stereocenters. The van der Waals surface area contributed by atoms with Crippen LogP contribution in [0.25, 0.3) is 0 Å². The molecule has 2 aromatic carbocycles. The number of amides is 2. The Morgan fingerprint density at radius 1 is 1.00 bits per heavy atom. The third kappa shape index (κ3) is 5.36. The molecule has 1 aromatic heterocycles. The number of carbonyl (C=O) groups excluding carboxylic acids is 3. The van der Waals surface area contributed by atoms with Crippen LogP contribution in [-0.4, -0.2) is 30.6 Å². The highest BCUT2D eigenvalue weighted by atomic mass is 19.1. The second-order valence-electron chi connectivity index (χ2n) is 6.30. The van der Waals surface area contributed by atoms with Gasteiger partial charge in [0.25, 0.3) is 0 Å². The summed E-state index contributed by atoms with van der Waals surface area (Å²) < 4.78 is 29.1. The first-order valence-electron chi connectivity index (χ1n) is 9.23. The van der Waals surface area contributed by atoms with Crippen molar-refractivity contribution in [2.45, 2.75) is 6.92 Å². The molecule has 0 saturated heterocycles. The third-order valence-corrected chi connectivity index (χ3v) is 4.16. The number of halogens is 1. The van der Waals surface area contributed by atoms with Gasteiger partial charge in [0.2, 0.25) is 5.76 Å². The molecule has 2 amide bonds. The van der Waals surface area contributed by atoms with Crippen molar-refractivity contribution in [1.82, 2.24) is 5.43 Å². The van der Waals surface area contributed by atoms with Crippen molar-refractivity contribution in [3.05, 3.63) is 78.0 Å². The predicted octanol–water partition coefficient (Wildman–Crippen LogP) is 3.13. The Labute approximate surface area is 181 Å². The van der Waals surface area contributed by atoms with Gasteiger partial charge in [-0.05, 0) is 49.4 Å². The van der Waals surface area contributed by atoms with Crippen molar-refractivity contribution in [3.8, 4) is 11.5 Å². The number of hydrazone groups is 1. The Morgan fingerprint density at radius 3 is 2.47 bits per heavy atom. The van der Waals surface area contributed by atoms with E-state index in [1.807, 2.05) is 0 Å². The molecule has 9 nitrogen and oxygen atoms in total. The van der Waals surface area contributed by atoms with Gasteiger partial charge in [-0.2, -0.15) is 5.10 Å². The van der Waals surface area contributed by atoms with E-state index in [0.29, 0.717) is 11.3 Å². The zero-order valence-electron chi connectivity index (χ0n) is 17.0. The van der Waals surface area contributed by atoms with Gasteiger partial charge in [0.1, 0.15) is 5.82 Å². The van der Waals surface area contributed by atoms with Crippen molar-refractivity contribution >= 4 is 29.2 Å². The first kappa shape index (κ1) is 22.2. The average molecular weight is 439 g/mol. The number of para-hydroxylation sites is 1. The van der Waals surface area contributed by atoms with Crippen LogP contribution in [0, 0.1) is 5.82 Å². The number of nitrogens with zero attached hydrogens (tertiary/aromatic N) is 1. The van der Waals surface area contributed by atoms with Crippen molar-refractivity contribution in [1.29, 1.82) is 0 Å². The minimum Gasteiger partial charge on any atom is -0.493 e. The Hall–Kier alpha value is -4.47. The average Bonchev–Trinajstić information content (AvgIpc) is 3.34. The molecule has 3 aromatic rings. The number of furan rings is 1. The topological polar surface area (TPSA) is 119 Å². The highest BCUT2D eigenvalue weighted by Gasteiger charge is 2.17. The van der Waals surface area contributed by atoms with Crippen LogP contribution in [0.4, 0.5) is 10.1 Å². The zero-order chi connectivity index (χ0) is 23.1. The van der Waals surface area contributed by atoms with Crippen LogP contribution in [-0.2, 0) is 9.59 Å². The van der Waals surface area contributed by atoms with Gasteiger partial charge >= 0.3 is 17.8 Å². The highest BCUT2D eigenvalue weighted by molar-refractivity contribution is 6.39. The summed E-state index contributed by atoms with van der Waals surface area (Å²) in [4.78, 5) is 35.9. The van der Waals surface area contributed by atoms with Crippen molar-refractivity contribution < 1.29 is 32.7 Å². The van der Waals surface area contributed by atoms with Crippen LogP contribution in [0.15, 0.2) is 70.4 Å². The minimum absolute atomic E-state index is 0.0326. The molecule has 0 fully saturated rings. The van der Waals surface area contributed by atoms with E-state index in [4.69, 9.17) is 13.9 Å². The maximum atomic E-state index is 13.6. The summed E-state index contributed by atoms with van der Waals surface area (Å²) in [6.07, 6.45) is 1.35. The summed E-state index contributed by atoms with van der Waals surface area (Å²) >= 11 is 0. The Morgan fingerprint density at radius 2 is 1.78 bits per heavy atom. The molecule has 0 spiro atoms. The molecule has 0 aliphatic rings. The molecule has 3 rings (SSSR count). The van der Waals surface area contributed by atoms with E-state index in [-0.39, 0.29) is 22.9 Å². The molecule has 0 unspecified atom stereocenters. The molecule has 164 valence electrons. The number of methoxy groups -OCH3 is 1. The van der Waals surface area contributed by atoms with E-state index in [0.717, 1.165) is 6.07 Å². The van der Waals surface area contributed by atoms with Gasteiger partial charge in [0.15, 0.2) is 11.5 Å². The van der Waals surface area contributed by atoms with E-state index in [9.17, 15) is 18.8 Å². The van der Waals surface area contributed by atoms with Crippen molar-refractivity contribution in [2.24, 2.45) is 5.10 Å². The summed E-state index contributed by atoms with van der Waals surface area (Å²) in [6, 6.07) is 13.1. The van der Waals surface area contributed by atoms with Gasteiger partial charge in [-0.1, -0.05) is 12.1 Å². The van der Waals surface area contributed by atoms with Gasteiger partial charge < -0.3 is 19.2 Å². The molecule has 0 saturated carbocycles. The second kappa shape index (κ2) is 10.0. The molecule has 0 aliphatic carbocycles. The number of benzene rings is 2. The standard InChI is InChI=1S/C22H18FN3O6/c1-13(25-26-21(28)20(27)24-16-7-4-3-6-15(16)23)14-9-10-17(19(12-14)30-2)32-22(29)18-8-5-11-31-18/h3-12H,1-2H3,(H,24,27)(H,26,28)/b25-13+. The second-order valence-corrected chi connectivity index (χ2v) is 6.30. The smallest absolute Gasteiger partial charge is 0.379 e. The summed E-state index contributed by atoms with van der Waals surface area (Å²) in [5.74, 6) is -3.11. The first-order chi connectivity index (χ1) is 15.4. The summed E-state index contributed by atoms with van der Waals surface area (Å²) in [5.41, 5.74) is 2.83. The van der Waals surface area contributed by atoms with Crippen LogP contribution in [0.5, 0.6) is 11.5 Å². The summed E-state index contributed by atoms with van der Waals surface area (Å²) in [5, 5.41) is 6.03. The van der Waals surface area contributed by atoms with E-state index >= 15 is 0 Å². The molecule has 0 aliphatic heterocycles. The Balaban J connectivity index is 1.66. The van der Waals surface area contributed by atoms with Gasteiger partial charge in [0.05, 0.1) is 24.8 Å². The van der Waals surface area contributed by atoms with Gasteiger partial charge in [0, 0.05) is 5.56 Å². The van der Waals surface area contributed by atoms with E-state index < -0.39 is 23.6 Å². The maximum Gasteiger partial charge on any atom is 0.379 e. The van der Waals surface area contributed by atoms with Crippen molar-refractivity contribution in [2.75, 3.05) is 12.4 Å². The lowest BCUT2D eigenvalue weighted by molar-refractivity contribution is -0.136.